The maximum Gasteiger partial charge on any atom is 0.220 e. The van der Waals surface area contributed by atoms with Gasteiger partial charge >= 0.3 is 0 Å². The largest absolute Gasteiger partial charge is 0.370 e. The van der Waals surface area contributed by atoms with Crippen molar-refractivity contribution in [3.8, 4) is 0 Å². The van der Waals surface area contributed by atoms with E-state index in [1.807, 2.05) is 42.7 Å². The summed E-state index contributed by atoms with van der Waals surface area (Å²) in [6, 6.07) is 7.04. The number of benzene rings is 1. The van der Waals surface area contributed by atoms with Crippen LogP contribution in [0.5, 0.6) is 0 Å². The Morgan fingerprint density at radius 1 is 1.14 bits per heavy atom. The summed E-state index contributed by atoms with van der Waals surface area (Å²) in [4.78, 5) is 16.7. The summed E-state index contributed by atoms with van der Waals surface area (Å²) in [5.41, 5.74) is 11.5. The van der Waals surface area contributed by atoms with Gasteiger partial charge in [0.25, 0.3) is 0 Å². The fourth-order valence-corrected chi connectivity index (χ4v) is 3.55. The number of hydrogen-bond donors (Lipinski definition) is 1. The van der Waals surface area contributed by atoms with Crippen LogP contribution in [-0.4, -0.2) is 26.4 Å². The third-order valence-corrected chi connectivity index (χ3v) is 5.26. The number of aliphatic imine (C=N–C) groups is 1. The second-order valence-corrected chi connectivity index (χ2v) is 7.63. The molecule has 0 radical (unpaired) electrons. The molecule has 1 atom stereocenters. The van der Waals surface area contributed by atoms with Crippen molar-refractivity contribution in [2.75, 3.05) is 0 Å². The number of fused-ring (bicyclic) bond motifs is 1. The molecule has 1 aliphatic heterocycles. The lowest BCUT2D eigenvalue weighted by Crippen LogP contribution is -2.17. The summed E-state index contributed by atoms with van der Waals surface area (Å²) in [5.74, 6) is 0.932. The Balaban J connectivity index is 2.36. The van der Waals surface area contributed by atoms with E-state index in [4.69, 9.17) is 22.3 Å². The number of nitrogens with two attached hydrogens (primary N) is 1. The van der Waals surface area contributed by atoms with Crippen molar-refractivity contribution in [2.45, 2.75) is 47.1 Å². The molecule has 1 aliphatic rings. The van der Waals surface area contributed by atoms with Gasteiger partial charge in [0.2, 0.25) is 5.91 Å². The lowest BCUT2D eigenvalue weighted by molar-refractivity contribution is -0.118. The van der Waals surface area contributed by atoms with Crippen molar-refractivity contribution >= 4 is 28.9 Å². The molecule has 0 saturated carbocycles. The molecule has 2 heterocycles. The standard InChI is InChI=1S/C21H24ClN5O/c1-11(2)12(3)19-13(4)27-14(5)25-26-21(27)17(10-18(23)28)24-20(19)15-6-8-16(22)9-7-15/h6-9,17H,10H2,1-5H3,(H2,23,28). The Kier molecular flexibility index (Phi) is 5.52. The summed E-state index contributed by atoms with van der Waals surface area (Å²) in [6.45, 7) is 10.1. The first-order chi connectivity index (χ1) is 13.2. The van der Waals surface area contributed by atoms with Gasteiger partial charge in [-0.15, -0.1) is 10.2 Å². The smallest absolute Gasteiger partial charge is 0.220 e. The average molecular weight is 398 g/mol. The molecule has 2 N–H and O–H groups in total. The minimum atomic E-state index is -0.512. The number of hydrogen-bond acceptors (Lipinski definition) is 4. The van der Waals surface area contributed by atoms with E-state index < -0.39 is 11.9 Å². The van der Waals surface area contributed by atoms with E-state index in [2.05, 4.69) is 31.0 Å². The van der Waals surface area contributed by atoms with Gasteiger partial charge in [0.1, 0.15) is 11.9 Å². The van der Waals surface area contributed by atoms with E-state index in [-0.39, 0.29) is 6.42 Å². The van der Waals surface area contributed by atoms with E-state index in [9.17, 15) is 4.79 Å². The molecule has 7 heteroatoms. The quantitative estimate of drug-likeness (QED) is 0.836. The van der Waals surface area contributed by atoms with Crippen molar-refractivity contribution in [1.29, 1.82) is 0 Å². The van der Waals surface area contributed by atoms with Crippen molar-refractivity contribution in [2.24, 2.45) is 10.7 Å². The van der Waals surface area contributed by atoms with Gasteiger partial charge in [-0.2, -0.15) is 0 Å². The summed E-state index contributed by atoms with van der Waals surface area (Å²) in [5, 5.41) is 9.18. The van der Waals surface area contributed by atoms with E-state index in [1.165, 1.54) is 5.57 Å². The molecule has 1 aromatic heterocycles. The predicted octanol–water partition coefficient (Wildman–Crippen LogP) is 4.25. The molecule has 1 amide bonds. The molecule has 0 aliphatic carbocycles. The zero-order chi connectivity index (χ0) is 20.6. The topological polar surface area (TPSA) is 86.2 Å². The molecule has 1 unspecified atom stereocenters. The summed E-state index contributed by atoms with van der Waals surface area (Å²) < 4.78 is 1.97. The molecule has 3 rings (SSSR count). The van der Waals surface area contributed by atoms with Gasteiger partial charge in [0.15, 0.2) is 5.82 Å². The lowest BCUT2D eigenvalue weighted by Gasteiger charge is -2.17. The number of aromatic nitrogens is 3. The van der Waals surface area contributed by atoms with Gasteiger partial charge < -0.3 is 5.73 Å². The Hall–Kier alpha value is -2.73. The molecule has 0 bridgehead atoms. The first-order valence-electron chi connectivity index (χ1n) is 9.10. The predicted molar refractivity (Wildman–Crippen MR) is 112 cm³/mol. The molecule has 0 fully saturated rings. The fourth-order valence-electron chi connectivity index (χ4n) is 3.42. The number of nitrogens with zero attached hydrogens (tertiary/aromatic N) is 4. The van der Waals surface area contributed by atoms with Crippen LogP contribution in [0, 0.1) is 6.92 Å². The molecule has 0 spiro atoms. The molecular formula is C21H24ClN5O. The van der Waals surface area contributed by atoms with Crippen LogP contribution in [0.1, 0.15) is 57.4 Å². The van der Waals surface area contributed by atoms with Crippen LogP contribution in [0.25, 0.3) is 5.70 Å². The SMILES string of the molecule is CC(C)=C(C)C1=C(C)n2c(C)nnc2C(CC(N)=O)N=C1c1ccc(Cl)cc1. The van der Waals surface area contributed by atoms with Crippen molar-refractivity contribution in [1.82, 2.24) is 14.8 Å². The van der Waals surface area contributed by atoms with Crippen LogP contribution in [0.4, 0.5) is 0 Å². The maximum absolute atomic E-state index is 11.7. The Bertz CT molecular complexity index is 1020. The Labute approximate surface area is 169 Å². The zero-order valence-corrected chi connectivity index (χ0v) is 17.5. The molecule has 146 valence electrons. The number of carbonyl (C=O) groups excluding carboxylic acids is 1. The number of allylic oxidation sites excluding steroid dienone is 4. The van der Waals surface area contributed by atoms with E-state index >= 15 is 0 Å². The Morgan fingerprint density at radius 2 is 1.79 bits per heavy atom. The van der Waals surface area contributed by atoms with Crippen LogP contribution in [-0.2, 0) is 4.79 Å². The van der Waals surface area contributed by atoms with Gasteiger partial charge in [-0.05, 0) is 52.3 Å². The van der Waals surface area contributed by atoms with Crippen LogP contribution in [0.15, 0.2) is 46.0 Å². The van der Waals surface area contributed by atoms with E-state index in [1.54, 1.807) is 0 Å². The Morgan fingerprint density at radius 3 is 2.36 bits per heavy atom. The lowest BCUT2D eigenvalue weighted by atomic mass is 9.92. The second kappa shape index (κ2) is 7.72. The molecular weight excluding hydrogens is 374 g/mol. The van der Waals surface area contributed by atoms with Gasteiger partial charge in [0.05, 0.1) is 12.1 Å². The average Bonchev–Trinajstić information content (AvgIpc) is 2.96. The number of rotatable bonds is 4. The number of primary amides is 1. The molecule has 6 nitrogen and oxygen atoms in total. The number of aryl methyl sites for hydroxylation is 1. The van der Waals surface area contributed by atoms with Gasteiger partial charge in [-0.3, -0.25) is 14.4 Å². The highest BCUT2D eigenvalue weighted by Crippen LogP contribution is 2.35. The van der Waals surface area contributed by atoms with Crippen molar-refractivity contribution < 1.29 is 4.79 Å². The molecule has 28 heavy (non-hydrogen) atoms. The zero-order valence-electron chi connectivity index (χ0n) is 16.7. The summed E-state index contributed by atoms with van der Waals surface area (Å²) >= 11 is 6.09. The van der Waals surface area contributed by atoms with Crippen molar-refractivity contribution in [3.63, 3.8) is 0 Å². The van der Waals surface area contributed by atoms with Gasteiger partial charge in [-0.1, -0.05) is 29.3 Å². The van der Waals surface area contributed by atoms with Crippen LogP contribution in [0.3, 0.4) is 0 Å². The van der Waals surface area contributed by atoms with E-state index in [0.29, 0.717) is 10.8 Å². The maximum atomic E-state index is 11.7. The number of amides is 1. The highest BCUT2D eigenvalue weighted by molar-refractivity contribution is 6.30. The number of halogens is 1. The van der Waals surface area contributed by atoms with Crippen LogP contribution in [0.2, 0.25) is 5.02 Å². The molecule has 1 aromatic carbocycles. The molecule has 0 saturated heterocycles. The van der Waals surface area contributed by atoms with Gasteiger partial charge in [0, 0.05) is 21.9 Å². The summed E-state index contributed by atoms with van der Waals surface area (Å²) in [7, 11) is 0. The van der Waals surface area contributed by atoms with Crippen LogP contribution >= 0.6 is 11.6 Å². The van der Waals surface area contributed by atoms with Crippen molar-refractivity contribution in [3.05, 3.63) is 63.2 Å². The third-order valence-electron chi connectivity index (χ3n) is 5.00. The van der Waals surface area contributed by atoms with E-state index in [0.717, 1.165) is 33.9 Å². The minimum absolute atomic E-state index is 0.0592. The first-order valence-corrected chi connectivity index (χ1v) is 9.48. The normalized spacial score (nSPS) is 16.4. The highest BCUT2D eigenvalue weighted by atomic mass is 35.5. The highest BCUT2D eigenvalue weighted by Gasteiger charge is 2.30. The van der Waals surface area contributed by atoms with Gasteiger partial charge in [-0.25, -0.2) is 0 Å². The fraction of sp³-hybridized carbons (Fsp3) is 0.333. The molecule has 2 aromatic rings. The minimum Gasteiger partial charge on any atom is -0.370 e. The monoisotopic (exact) mass is 397 g/mol. The second-order valence-electron chi connectivity index (χ2n) is 7.20. The first kappa shape index (κ1) is 20.0. The third kappa shape index (κ3) is 3.64. The number of carbonyl (C=O) groups is 1. The summed E-state index contributed by atoms with van der Waals surface area (Å²) in [6.07, 6.45) is 0.0592. The van der Waals surface area contributed by atoms with Crippen LogP contribution < -0.4 is 5.73 Å².